The van der Waals surface area contributed by atoms with E-state index in [1.54, 1.807) is 4.90 Å². The summed E-state index contributed by atoms with van der Waals surface area (Å²) in [6.45, 7) is 3.43. The predicted molar refractivity (Wildman–Crippen MR) is 127 cm³/mol. The van der Waals surface area contributed by atoms with Crippen LogP contribution in [0.5, 0.6) is 5.75 Å². The number of nitrogens with zero attached hydrogens (tertiary/aromatic N) is 3. The maximum atomic E-state index is 10.8. The summed E-state index contributed by atoms with van der Waals surface area (Å²) in [5.74, 6) is 1.71. The Kier molecular flexibility index (Phi) is 5.11. The molecule has 160 valence electrons. The van der Waals surface area contributed by atoms with E-state index in [1.807, 2.05) is 90.4 Å². The van der Waals surface area contributed by atoms with Crippen molar-refractivity contribution >= 4 is 28.1 Å². The van der Waals surface area contributed by atoms with Crippen molar-refractivity contribution in [3.05, 3.63) is 96.0 Å². The second kappa shape index (κ2) is 8.23. The highest BCUT2D eigenvalue weighted by atomic mass is 16.5. The minimum Gasteiger partial charge on any atom is -0.509 e. The van der Waals surface area contributed by atoms with E-state index in [0.717, 1.165) is 22.3 Å². The quantitative estimate of drug-likeness (QED) is 0.434. The summed E-state index contributed by atoms with van der Waals surface area (Å²) in [6, 6.07) is 25.5. The number of hydrogen-bond acceptors (Lipinski definition) is 4. The van der Waals surface area contributed by atoms with Gasteiger partial charge in [0.05, 0.1) is 23.2 Å². The number of ether oxygens (including phenoxy) is 1. The van der Waals surface area contributed by atoms with Gasteiger partial charge in [-0.2, -0.15) is 0 Å². The molecule has 6 heteroatoms. The van der Waals surface area contributed by atoms with Crippen LogP contribution in [0, 0.1) is 5.41 Å². The number of benzene rings is 3. The molecule has 0 saturated heterocycles. The molecule has 1 aliphatic heterocycles. The molecule has 0 amide bonds. The van der Waals surface area contributed by atoms with Crippen LogP contribution in [0.4, 0.5) is 5.69 Å². The van der Waals surface area contributed by atoms with Crippen LogP contribution >= 0.6 is 0 Å². The Morgan fingerprint density at radius 2 is 1.78 bits per heavy atom. The van der Waals surface area contributed by atoms with Crippen LogP contribution in [0.2, 0.25) is 0 Å². The number of rotatable bonds is 6. The van der Waals surface area contributed by atoms with Crippen molar-refractivity contribution in [2.75, 3.05) is 11.4 Å². The maximum Gasteiger partial charge on any atom is 0.148 e. The maximum absolute atomic E-state index is 10.8. The first-order chi connectivity index (χ1) is 15.7. The van der Waals surface area contributed by atoms with E-state index in [4.69, 9.17) is 15.1 Å². The van der Waals surface area contributed by atoms with Crippen LogP contribution in [0.3, 0.4) is 0 Å². The smallest absolute Gasteiger partial charge is 0.148 e. The van der Waals surface area contributed by atoms with Crippen LogP contribution in [-0.4, -0.2) is 27.0 Å². The van der Waals surface area contributed by atoms with Gasteiger partial charge in [-0.15, -0.1) is 0 Å². The number of para-hydroxylation sites is 2. The minimum atomic E-state index is 0.149. The lowest BCUT2D eigenvalue weighted by Gasteiger charge is -2.20. The molecule has 0 fully saturated rings. The summed E-state index contributed by atoms with van der Waals surface area (Å²) in [7, 11) is 0. The standard InChI is InChI=1S/C26H24N4O2/c1-2-29-22-14-7-6-13-21(22)28-26(29)24-23(31)16-30(25(24)27)19-11-8-12-20(15-19)32-17-18-9-4-3-5-10-18/h3-15,27,31H,2,16-17H2,1H3. The molecule has 0 bridgehead atoms. The highest BCUT2D eigenvalue weighted by Gasteiger charge is 2.32. The molecule has 5 rings (SSSR count). The number of amidine groups is 1. The first-order valence-corrected chi connectivity index (χ1v) is 10.7. The molecule has 0 aliphatic carbocycles. The number of anilines is 1. The summed E-state index contributed by atoms with van der Waals surface area (Å²) in [4.78, 5) is 6.51. The SMILES string of the molecule is CCn1c(C2=C(O)CN(c3cccc(OCc4ccccc4)c3)C2=N)nc2ccccc21. The molecule has 32 heavy (non-hydrogen) atoms. The van der Waals surface area contributed by atoms with Crippen LogP contribution in [0.15, 0.2) is 84.6 Å². The molecule has 4 aromatic rings. The summed E-state index contributed by atoms with van der Waals surface area (Å²) >= 11 is 0. The first-order valence-electron chi connectivity index (χ1n) is 10.7. The third-order valence-corrected chi connectivity index (χ3v) is 5.68. The lowest BCUT2D eigenvalue weighted by Crippen LogP contribution is -2.26. The van der Waals surface area contributed by atoms with Crippen molar-refractivity contribution in [3.8, 4) is 5.75 Å². The molecule has 6 nitrogen and oxygen atoms in total. The second-order valence-electron chi connectivity index (χ2n) is 7.70. The zero-order chi connectivity index (χ0) is 22.1. The molecule has 0 saturated carbocycles. The van der Waals surface area contributed by atoms with Gasteiger partial charge in [-0.25, -0.2) is 4.98 Å². The zero-order valence-corrected chi connectivity index (χ0v) is 17.8. The van der Waals surface area contributed by atoms with Gasteiger partial charge in [0.15, 0.2) is 0 Å². The molecule has 0 radical (unpaired) electrons. The van der Waals surface area contributed by atoms with Gasteiger partial charge >= 0.3 is 0 Å². The summed E-state index contributed by atoms with van der Waals surface area (Å²) in [5.41, 5.74) is 4.20. The van der Waals surface area contributed by atoms with Crippen molar-refractivity contribution in [1.29, 1.82) is 5.41 Å². The number of aliphatic hydroxyl groups excluding tert-OH is 1. The van der Waals surface area contributed by atoms with Crippen molar-refractivity contribution in [3.63, 3.8) is 0 Å². The average molecular weight is 425 g/mol. The Morgan fingerprint density at radius 3 is 2.59 bits per heavy atom. The number of hydrogen-bond donors (Lipinski definition) is 2. The van der Waals surface area contributed by atoms with E-state index in [1.165, 1.54) is 0 Å². The average Bonchev–Trinajstić information content (AvgIpc) is 3.34. The van der Waals surface area contributed by atoms with E-state index >= 15 is 0 Å². The number of aryl methyl sites for hydroxylation is 1. The Labute approximate surface area is 186 Å². The lowest BCUT2D eigenvalue weighted by molar-refractivity contribution is 0.306. The molecular formula is C26H24N4O2. The van der Waals surface area contributed by atoms with Gasteiger partial charge in [0.25, 0.3) is 0 Å². The molecule has 1 aromatic heterocycles. The number of aliphatic hydroxyl groups is 1. The van der Waals surface area contributed by atoms with E-state index in [2.05, 4.69) is 0 Å². The fourth-order valence-electron chi connectivity index (χ4n) is 4.10. The van der Waals surface area contributed by atoms with Crippen LogP contribution in [0.1, 0.15) is 18.3 Å². The molecule has 0 atom stereocenters. The predicted octanol–water partition coefficient (Wildman–Crippen LogP) is 5.40. The highest BCUT2D eigenvalue weighted by Crippen LogP contribution is 2.33. The first kappa shape index (κ1) is 19.9. The minimum absolute atomic E-state index is 0.149. The van der Waals surface area contributed by atoms with Gasteiger partial charge in [-0.3, -0.25) is 5.41 Å². The second-order valence-corrected chi connectivity index (χ2v) is 7.70. The van der Waals surface area contributed by atoms with Crippen molar-refractivity contribution in [2.45, 2.75) is 20.1 Å². The van der Waals surface area contributed by atoms with Crippen LogP contribution in [0.25, 0.3) is 16.6 Å². The molecule has 3 aromatic carbocycles. The molecular weight excluding hydrogens is 400 g/mol. The summed E-state index contributed by atoms with van der Waals surface area (Å²) < 4.78 is 7.99. The van der Waals surface area contributed by atoms with Crippen LogP contribution < -0.4 is 9.64 Å². The van der Waals surface area contributed by atoms with Gasteiger partial charge in [0, 0.05) is 18.3 Å². The lowest BCUT2D eigenvalue weighted by atomic mass is 10.2. The number of imidazole rings is 1. The largest absolute Gasteiger partial charge is 0.509 e. The molecule has 2 heterocycles. The molecule has 0 spiro atoms. The Balaban J connectivity index is 1.42. The van der Waals surface area contributed by atoms with Gasteiger partial charge < -0.3 is 19.3 Å². The zero-order valence-electron chi connectivity index (χ0n) is 17.8. The van der Waals surface area contributed by atoms with E-state index in [-0.39, 0.29) is 18.1 Å². The van der Waals surface area contributed by atoms with E-state index in [9.17, 15) is 5.11 Å². The molecule has 2 N–H and O–H groups in total. The summed E-state index contributed by atoms with van der Waals surface area (Å²) in [6.07, 6.45) is 0. The Hall–Kier alpha value is -4.06. The summed E-state index contributed by atoms with van der Waals surface area (Å²) in [5, 5.41) is 19.7. The third kappa shape index (κ3) is 3.50. The van der Waals surface area contributed by atoms with Crippen molar-refractivity contribution in [2.24, 2.45) is 0 Å². The topological polar surface area (TPSA) is 74.4 Å². The Morgan fingerprint density at radius 1 is 1.00 bits per heavy atom. The number of nitrogens with one attached hydrogen (secondary N) is 1. The van der Waals surface area contributed by atoms with Gasteiger partial charge in [0.1, 0.15) is 29.8 Å². The van der Waals surface area contributed by atoms with Gasteiger partial charge in [-0.05, 0) is 36.8 Å². The van der Waals surface area contributed by atoms with Crippen molar-refractivity contribution < 1.29 is 9.84 Å². The van der Waals surface area contributed by atoms with Gasteiger partial charge in [-0.1, -0.05) is 48.5 Å². The number of aromatic nitrogens is 2. The number of fused-ring (bicyclic) bond motifs is 1. The third-order valence-electron chi connectivity index (χ3n) is 5.68. The highest BCUT2D eigenvalue weighted by molar-refractivity contribution is 6.30. The van der Waals surface area contributed by atoms with Crippen LogP contribution in [-0.2, 0) is 13.2 Å². The Bertz CT molecular complexity index is 1320. The fraction of sp³-hybridized carbons (Fsp3) is 0.154. The van der Waals surface area contributed by atoms with Crippen molar-refractivity contribution in [1.82, 2.24) is 9.55 Å². The normalized spacial score (nSPS) is 13.9. The monoisotopic (exact) mass is 424 g/mol. The molecule has 0 unspecified atom stereocenters. The van der Waals surface area contributed by atoms with E-state index in [0.29, 0.717) is 30.3 Å². The fourth-order valence-corrected chi connectivity index (χ4v) is 4.10. The molecule has 1 aliphatic rings. The van der Waals surface area contributed by atoms with E-state index < -0.39 is 0 Å². The van der Waals surface area contributed by atoms with Gasteiger partial charge in [0.2, 0.25) is 0 Å².